The van der Waals surface area contributed by atoms with Gasteiger partial charge in [-0.15, -0.1) is 0 Å². The predicted octanol–water partition coefficient (Wildman–Crippen LogP) is 10.4. The number of nitrogens with zero attached hydrogens (tertiary/aromatic N) is 3. The average molecular weight is 952 g/mol. The van der Waals surface area contributed by atoms with Gasteiger partial charge in [-0.25, -0.2) is 0 Å². The maximum atomic E-state index is 14.1. The van der Waals surface area contributed by atoms with Gasteiger partial charge in [-0.3, -0.25) is 29.1 Å². The van der Waals surface area contributed by atoms with Gasteiger partial charge in [0.25, 0.3) is 11.8 Å². The van der Waals surface area contributed by atoms with Crippen LogP contribution in [0.2, 0.25) is 0 Å². The molecule has 0 radical (unpaired) electrons. The van der Waals surface area contributed by atoms with Gasteiger partial charge in [-0.05, 0) is 128 Å². The number of benzene rings is 5. The van der Waals surface area contributed by atoms with Crippen molar-refractivity contribution in [2.75, 3.05) is 29.3 Å². The first-order valence-corrected chi connectivity index (χ1v) is 25.4. The van der Waals surface area contributed by atoms with Crippen LogP contribution in [0.1, 0.15) is 101 Å². The number of amides is 4. The van der Waals surface area contributed by atoms with Gasteiger partial charge in [0.2, 0.25) is 11.8 Å². The first kappa shape index (κ1) is 46.8. The molecule has 3 atom stereocenters. The summed E-state index contributed by atoms with van der Waals surface area (Å²) in [6.07, 6.45) is 6.40. The van der Waals surface area contributed by atoms with E-state index < -0.39 is 4.75 Å². The molecule has 5 aromatic carbocycles. The number of para-hydroxylation sites is 2. The van der Waals surface area contributed by atoms with Crippen LogP contribution in [0.5, 0.6) is 17.2 Å². The summed E-state index contributed by atoms with van der Waals surface area (Å²) < 4.78 is 18.5. The third-order valence-electron chi connectivity index (χ3n) is 13.0. The van der Waals surface area contributed by atoms with Crippen LogP contribution in [0.15, 0.2) is 96.0 Å². The van der Waals surface area contributed by atoms with Crippen molar-refractivity contribution >= 4 is 74.2 Å². The second-order valence-electron chi connectivity index (χ2n) is 18.7. The Morgan fingerprint density at radius 2 is 1.49 bits per heavy atom. The standard InChI is InChI=1S/C54H57N5O7S2/c1-32-19-43-44(56-29-41-24-38-12-8-10-14-46(38)59(41)53(43)63)27-47(32)65-30-34-20-35(22-39(21-34)57-51(61)28-54(3,4)68-67-33(2)15-18-50(60)55-5)31-66-49-25-36-16-17-40-23-37-11-7-9-13-45(37)58(40)52(62)42(36)26-48(49)64-6/h7-14,19-22,25-27,29,33,40-41H,15-18,23-24,28,30-31H2,1-6H3,(H,55,60)(H,57,61)/t33?,40-,41+/m1/s1. The number of carbonyl (C=O) groups excluding carboxylic acids is 4. The largest absolute Gasteiger partial charge is 0.493 e. The van der Waals surface area contributed by atoms with E-state index in [2.05, 4.69) is 29.7 Å². The Kier molecular flexibility index (Phi) is 13.6. The van der Waals surface area contributed by atoms with Crippen LogP contribution >= 0.6 is 21.6 Å². The van der Waals surface area contributed by atoms with Gasteiger partial charge in [-0.1, -0.05) is 64.9 Å². The van der Waals surface area contributed by atoms with Gasteiger partial charge in [0.1, 0.15) is 19.0 Å². The number of fused-ring (bicyclic) bond motifs is 8. The number of rotatable bonds is 16. The second kappa shape index (κ2) is 19.8. The van der Waals surface area contributed by atoms with E-state index in [-0.39, 0.29) is 60.6 Å². The number of methoxy groups -OCH3 is 1. The van der Waals surface area contributed by atoms with E-state index in [4.69, 9.17) is 19.2 Å². The molecular formula is C54H57N5O7S2. The molecule has 4 aliphatic rings. The van der Waals surface area contributed by atoms with Gasteiger partial charge >= 0.3 is 0 Å². The van der Waals surface area contributed by atoms with E-state index in [1.165, 1.54) is 5.56 Å². The molecule has 14 heteroatoms. The Balaban J connectivity index is 0.941. The van der Waals surface area contributed by atoms with Gasteiger partial charge < -0.3 is 29.7 Å². The highest BCUT2D eigenvalue weighted by Gasteiger charge is 2.38. The highest BCUT2D eigenvalue weighted by Crippen LogP contribution is 2.44. The molecule has 0 saturated heterocycles. The Morgan fingerprint density at radius 3 is 2.21 bits per heavy atom. The third kappa shape index (κ3) is 9.98. The lowest BCUT2D eigenvalue weighted by atomic mass is 9.99. The van der Waals surface area contributed by atoms with Crippen LogP contribution in [-0.4, -0.2) is 66.1 Å². The fourth-order valence-electron chi connectivity index (χ4n) is 9.56. The molecular weight excluding hydrogens is 895 g/mol. The zero-order chi connectivity index (χ0) is 47.7. The summed E-state index contributed by atoms with van der Waals surface area (Å²) in [6.45, 7) is 8.42. The third-order valence-corrected chi connectivity index (χ3v) is 16.9. The minimum atomic E-state index is -0.392. The number of anilines is 3. The van der Waals surface area contributed by atoms with E-state index in [1.54, 1.807) is 41.8 Å². The number of aliphatic imine (C=N–C) groups is 1. The molecule has 0 saturated carbocycles. The zero-order valence-electron chi connectivity index (χ0n) is 39.3. The summed E-state index contributed by atoms with van der Waals surface area (Å²) in [5.74, 6) is 1.33. The molecule has 4 amide bonds. The molecule has 2 N–H and O–H groups in total. The van der Waals surface area contributed by atoms with Crippen molar-refractivity contribution in [3.8, 4) is 17.2 Å². The molecule has 12 nitrogen and oxygen atoms in total. The summed E-state index contributed by atoms with van der Waals surface area (Å²) in [5, 5.41) is 6.06. The molecule has 68 heavy (non-hydrogen) atoms. The van der Waals surface area contributed by atoms with Crippen LogP contribution < -0.4 is 34.6 Å². The molecule has 0 spiro atoms. The van der Waals surface area contributed by atoms with Crippen LogP contribution in [0.25, 0.3) is 0 Å². The fourth-order valence-corrected chi connectivity index (χ4v) is 12.1. The van der Waals surface area contributed by atoms with E-state index in [0.717, 1.165) is 64.9 Å². The second-order valence-corrected chi connectivity index (χ2v) is 22.0. The lowest BCUT2D eigenvalue weighted by Crippen LogP contribution is -2.37. The summed E-state index contributed by atoms with van der Waals surface area (Å²) in [4.78, 5) is 62.3. The van der Waals surface area contributed by atoms with E-state index in [0.29, 0.717) is 52.6 Å². The van der Waals surface area contributed by atoms with E-state index >= 15 is 0 Å². The van der Waals surface area contributed by atoms with Crippen molar-refractivity contribution in [2.45, 2.75) is 108 Å². The fraction of sp³-hybridized carbons (Fsp3) is 0.352. The molecule has 5 aromatic rings. The van der Waals surface area contributed by atoms with Crippen molar-refractivity contribution in [1.29, 1.82) is 0 Å². The Bertz CT molecular complexity index is 2830. The predicted molar refractivity (Wildman–Crippen MR) is 273 cm³/mol. The quantitative estimate of drug-likeness (QED) is 0.0926. The van der Waals surface area contributed by atoms with E-state index in [1.807, 2.05) is 110 Å². The maximum absolute atomic E-state index is 14.1. The summed E-state index contributed by atoms with van der Waals surface area (Å²) in [6, 6.07) is 29.3. The maximum Gasteiger partial charge on any atom is 0.261 e. The van der Waals surface area contributed by atoms with E-state index in [9.17, 15) is 19.2 Å². The first-order valence-electron chi connectivity index (χ1n) is 23.2. The zero-order valence-corrected chi connectivity index (χ0v) is 41.0. The molecule has 9 rings (SSSR count). The molecule has 0 aliphatic carbocycles. The Labute approximate surface area is 406 Å². The van der Waals surface area contributed by atoms with Crippen LogP contribution in [-0.2, 0) is 42.1 Å². The molecule has 352 valence electrons. The highest BCUT2D eigenvalue weighted by atomic mass is 33.1. The Morgan fingerprint density at radius 1 is 0.809 bits per heavy atom. The van der Waals surface area contributed by atoms with Gasteiger partial charge in [0.15, 0.2) is 11.5 Å². The van der Waals surface area contributed by atoms with Crippen LogP contribution in [0.3, 0.4) is 0 Å². The first-order chi connectivity index (χ1) is 32.8. The van der Waals surface area contributed by atoms with Crippen molar-refractivity contribution in [3.63, 3.8) is 0 Å². The number of carbonyl (C=O) groups is 4. The molecule has 0 bridgehead atoms. The minimum Gasteiger partial charge on any atom is -0.493 e. The highest BCUT2D eigenvalue weighted by molar-refractivity contribution is 8.77. The smallest absolute Gasteiger partial charge is 0.261 e. The monoisotopic (exact) mass is 951 g/mol. The lowest BCUT2D eigenvalue weighted by Gasteiger charge is -2.24. The van der Waals surface area contributed by atoms with Gasteiger partial charge in [0, 0.05) is 77.3 Å². The van der Waals surface area contributed by atoms with Crippen molar-refractivity contribution in [1.82, 2.24) is 5.32 Å². The number of aryl methyl sites for hydroxylation is 2. The van der Waals surface area contributed by atoms with Gasteiger partial charge in [0.05, 0.1) is 24.4 Å². The van der Waals surface area contributed by atoms with Crippen LogP contribution in [0, 0.1) is 6.92 Å². The normalized spacial score (nSPS) is 17.1. The Hall–Kier alpha value is -6.25. The number of hydrogen-bond acceptors (Lipinski definition) is 10. The molecule has 4 aliphatic heterocycles. The number of nitrogens with one attached hydrogen (secondary N) is 2. The molecule has 0 aromatic heterocycles. The molecule has 0 fully saturated rings. The number of ether oxygens (including phenoxy) is 3. The van der Waals surface area contributed by atoms with Crippen LogP contribution in [0.4, 0.5) is 22.7 Å². The lowest BCUT2D eigenvalue weighted by molar-refractivity contribution is -0.120. The molecule has 4 heterocycles. The summed E-state index contributed by atoms with van der Waals surface area (Å²) >= 11 is 0. The van der Waals surface area contributed by atoms with Crippen molar-refractivity contribution in [2.24, 2.45) is 4.99 Å². The molecule has 1 unspecified atom stereocenters. The van der Waals surface area contributed by atoms with Crippen molar-refractivity contribution < 1.29 is 33.4 Å². The minimum absolute atomic E-state index is 0.0187. The number of hydrogen-bond donors (Lipinski definition) is 2. The van der Waals surface area contributed by atoms with Gasteiger partial charge in [-0.2, -0.15) is 0 Å². The summed E-state index contributed by atoms with van der Waals surface area (Å²) in [7, 11) is 6.56. The SMILES string of the molecule is CNC(=O)CCC(C)SSC(C)(C)CC(=O)Nc1cc(COc2cc3c(cc2C)C(=O)N2c4ccccc4C[C@H]2C=N3)cc(COc2cc3c(cc2OC)C(=O)N2c4ccccc4C[C@H]2CC3)c1. The topological polar surface area (TPSA) is 139 Å². The summed E-state index contributed by atoms with van der Waals surface area (Å²) in [5.41, 5.74) is 9.79. The van der Waals surface area contributed by atoms with Crippen molar-refractivity contribution in [3.05, 3.63) is 136 Å². The average Bonchev–Trinajstić information content (AvgIpc) is 3.82.